The molecule has 0 unspecified atom stereocenters. The molecule has 1 aliphatic heterocycles. The number of anilines is 1. The van der Waals surface area contributed by atoms with Crippen LogP contribution in [0.5, 0.6) is 0 Å². The molecule has 1 fully saturated rings. The van der Waals surface area contributed by atoms with E-state index in [0.29, 0.717) is 5.57 Å². The normalized spacial score (nSPS) is 21.4. The summed E-state index contributed by atoms with van der Waals surface area (Å²) in [5, 5.41) is 2.88. The lowest BCUT2D eigenvalue weighted by atomic mass is 10.00. The Morgan fingerprint density at radius 3 is 2.56 bits per heavy atom. The molecule has 0 saturated heterocycles. The predicted molar refractivity (Wildman–Crippen MR) is 78.9 cm³/mol. The highest BCUT2D eigenvalue weighted by Gasteiger charge is 2.28. The maximum atomic E-state index is 12.0. The maximum absolute atomic E-state index is 12.0. The summed E-state index contributed by atoms with van der Waals surface area (Å²) in [6, 6.07) is 3.87. The highest BCUT2D eigenvalue weighted by Crippen LogP contribution is 2.41. The van der Waals surface area contributed by atoms with Crippen LogP contribution in [0.25, 0.3) is 5.57 Å². The van der Waals surface area contributed by atoms with E-state index in [0.717, 1.165) is 26.1 Å². The van der Waals surface area contributed by atoms with E-state index in [-0.39, 0.29) is 5.91 Å². The van der Waals surface area contributed by atoms with E-state index in [9.17, 15) is 4.79 Å². The number of hydrogen-bond acceptors (Lipinski definition) is 1. The zero-order valence-electron chi connectivity index (χ0n) is 9.21. The molecule has 1 aliphatic carbocycles. The van der Waals surface area contributed by atoms with Gasteiger partial charge in [-0.1, -0.05) is 22.0 Å². The highest BCUT2D eigenvalue weighted by atomic mass is 79.9. The molecule has 0 atom stereocenters. The molecule has 1 saturated carbocycles. The van der Waals surface area contributed by atoms with Gasteiger partial charge in [-0.25, -0.2) is 0 Å². The molecule has 4 heteroatoms. The fourth-order valence-corrected chi connectivity index (χ4v) is 3.34. The van der Waals surface area contributed by atoms with Crippen LogP contribution in [0.4, 0.5) is 5.69 Å². The molecule has 2 aliphatic rings. The van der Waals surface area contributed by atoms with Crippen LogP contribution in [-0.4, -0.2) is 5.91 Å². The first kappa shape index (κ1) is 12.4. The molecule has 1 heterocycles. The van der Waals surface area contributed by atoms with Crippen LogP contribution < -0.4 is 5.32 Å². The van der Waals surface area contributed by atoms with Crippen molar-refractivity contribution in [2.45, 2.75) is 0 Å². The summed E-state index contributed by atoms with van der Waals surface area (Å²) in [6.45, 7) is 0. The third-order valence-electron chi connectivity index (χ3n) is 2.83. The largest absolute Gasteiger partial charge is 0.320 e. The molecule has 1 amide bonds. The molecular formula is C14H8Br2NO. The van der Waals surface area contributed by atoms with Gasteiger partial charge >= 0.3 is 0 Å². The summed E-state index contributed by atoms with van der Waals surface area (Å²) in [5.41, 5.74) is 2.45. The number of allylic oxidation sites excluding steroid dienone is 1. The Morgan fingerprint density at radius 2 is 1.83 bits per heavy atom. The van der Waals surface area contributed by atoms with Crippen LogP contribution in [0, 0.1) is 31.6 Å². The van der Waals surface area contributed by atoms with E-state index in [4.69, 9.17) is 0 Å². The molecule has 2 nitrogen and oxygen atoms in total. The number of benzene rings is 1. The summed E-state index contributed by atoms with van der Waals surface area (Å²) in [6.07, 6.45) is 9.77. The number of carbonyl (C=O) groups excluding carboxylic acids is 1. The molecule has 0 aromatic heterocycles. The van der Waals surface area contributed by atoms with Crippen molar-refractivity contribution in [3.63, 3.8) is 0 Å². The Hall–Kier alpha value is -0.610. The maximum Gasteiger partial charge on any atom is 0.256 e. The zero-order valence-corrected chi connectivity index (χ0v) is 12.4. The molecule has 0 bridgehead atoms. The van der Waals surface area contributed by atoms with E-state index in [1.807, 2.05) is 43.9 Å². The SMILES string of the molecule is O=C1Nc2c(Br)cc(Br)cc2/C1=C/[C]1[CH][CH][CH][CH]1. The van der Waals surface area contributed by atoms with E-state index < -0.39 is 0 Å². The Bertz CT molecular complexity index is 545. The predicted octanol–water partition coefficient (Wildman–Crippen LogP) is 3.95. The number of carbonyl (C=O) groups is 1. The van der Waals surface area contributed by atoms with Crippen molar-refractivity contribution in [1.29, 1.82) is 0 Å². The average Bonchev–Trinajstić information content (AvgIpc) is 2.91. The molecule has 18 heavy (non-hydrogen) atoms. The van der Waals surface area contributed by atoms with Crippen LogP contribution in [-0.2, 0) is 4.79 Å². The number of hydrogen-bond donors (Lipinski definition) is 1. The topological polar surface area (TPSA) is 29.1 Å². The molecular weight excluding hydrogens is 358 g/mol. The lowest BCUT2D eigenvalue weighted by Gasteiger charge is -2.04. The van der Waals surface area contributed by atoms with Gasteiger partial charge in [-0.05, 0) is 53.7 Å². The minimum absolute atomic E-state index is 0.0648. The zero-order chi connectivity index (χ0) is 12.7. The number of nitrogens with one attached hydrogen (secondary N) is 1. The summed E-state index contributed by atoms with van der Waals surface area (Å²) in [4.78, 5) is 12.0. The lowest BCUT2D eigenvalue weighted by molar-refractivity contribution is -0.110. The monoisotopic (exact) mass is 364 g/mol. The fourth-order valence-electron chi connectivity index (χ4n) is 2.01. The quantitative estimate of drug-likeness (QED) is 0.750. The molecule has 0 spiro atoms. The summed E-state index contributed by atoms with van der Waals surface area (Å²) >= 11 is 6.90. The van der Waals surface area contributed by atoms with Crippen LogP contribution in [0.3, 0.4) is 0 Å². The lowest BCUT2D eigenvalue weighted by Crippen LogP contribution is -2.05. The number of fused-ring (bicyclic) bond motifs is 1. The van der Waals surface area contributed by atoms with Gasteiger partial charge in [-0.15, -0.1) is 0 Å². The van der Waals surface area contributed by atoms with Crippen molar-refractivity contribution in [3.05, 3.63) is 64.3 Å². The van der Waals surface area contributed by atoms with Gasteiger partial charge in [-0.2, -0.15) is 0 Å². The average molecular weight is 366 g/mol. The molecule has 1 aromatic carbocycles. The van der Waals surface area contributed by atoms with Gasteiger partial charge in [0.25, 0.3) is 5.91 Å². The van der Waals surface area contributed by atoms with E-state index in [1.54, 1.807) is 0 Å². The van der Waals surface area contributed by atoms with Gasteiger partial charge in [-0.3, -0.25) is 4.79 Å². The Labute approximate surface area is 123 Å². The third kappa shape index (κ3) is 2.16. The second-order valence-electron chi connectivity index (χ2n) is 4.04. The van der Waals surface area contributed by atoms with Crippen molar-refractivity contribution < 1.29 is 4.79 Å². The smallest absolute Gasteiger partial charge is 0.256 e. The highest BCUT2D eigenvalue weighted by molar-refractivity contribution is 9.11. The number of amides is 1. The standard InChI is InChI=1S/C14H8Br2NO/c15-9-6-10-11(5-8-3-1-2-4-8)14(18)17-13(10)12(16)7-9/h1-7H,(H,17,18)/b11-5-. The summed E-state index contributed by atoms with van der Waals surface area (Å²) in [7, 11) is 0. The van der Waals surface area contributed by atoms with Crippen molar-refractivity contribution in [2.75, 3.05) is 5.32 Å². The van der Waals surface area contributed by atoms with Crippen LogP contribution in [0.15, 0.2) is 27.2 Å². The minimum atomic E-state index is -0.0648. The second kappa shape index (κ2) is 4.82. The van der Waals surface area contributed by atoms with Crippen molar-refractivity contribution in [3.8, 4) is 0 Å². The first-order valence-corrected chi connectivity index (χ1v) is 6.98. The molecule has 1 aromatic rings. The first-order chi connectivity index (χ1) is 8.65. The van der Waals surface area contributed by atoms with Gasteiger partial charge in [0.2, 0.25) is 0 Å². The number of halogens is 2. The van der Waals surface area contributed by atoms with E-state index in [1.165, 1.54) is 0 Å². The van der Waals surface area contributed by atoms with Crippen LogP contribution in [0.2, 0.25) is 0 Å². The van der Waals surface area contributed by atoms with Crippen LogP contribution in [0.1, 0.15) is 5.56 Å². The van der Waals surface area contributed by atoms with Crippen LogP contribution >= 0.6 is 31.9 Å². The van der Waals surface area contributed by atoms with Gasteiger partial charge in [0.1, 0.15) is 0 Å². The van der Waals surface area contributed by atoms with Crippen molar-refractivity contribution in [1.82, 2.24) is 0 Å². The minimum Gasteiger partial charge on any atom is -0.320 e. The fraction of sp³-hybridized carbons (Fsp3) is 0. The van der Waals surface area contributed by atoms with Gasteiger partial charge in [0.15, 0.2) is 0 Å². The molecule has 89 valence electrons. The first-order valence-electron chi connectivity index (χ1n) is 5.39. The van der Waals surface area contributed by atoms with Gasteiger partial charge < -0.3 is 5.32 Å². The molecule has 5 radical (unpaired) electrons. The Balaban J connectivity index is 2.05. The van der Waals surface area contributed by atoms with Gasteiger partial charge in [0.05, 0.1) is 5.69 Å². The number of rotatable bonds is 1. The summed E-state index contributed by atoms with van der Waals surface area (Å²) < 4.78 is 1.82. The van der Waals surface area contributed by atoms with E-state index >= 15 is 0 Å². The molecule has 3 rings (SSSR count). The van der Waals surface area contributed by atoms with E-state index in [2.05, 4.69) is 37.2 Å². The Kier molecular flexibility index (Phi) is 3.32. The third-order valence-corrected chi connectivity index (χ3v) is 3.91. The molecule has 1 N–H and O–H groups in total. The second-order valence-corrected chi connectivity index (χ2v) is 5.81. The van der Waals surface area contributed by atoms with Gasteiger partial charge in [0, 0.05) is 26.0 Å². The van der Waals surface area contributed by atoms with Crippen molar-refractivity contribution >= 4 is 49.0 Å². The Morgan fingerprint density at radius 1 is 1.11 bits per heavy atom. The summed E-state index contributed by atoms with van der Waals surface area (Å²) in [5.74, 6) is 0.967. The van der Waals surface area contributed by atoms with Crippen molar-refractivity contribution in [2.24, 2.45) is 0 Å².